The zero-order chi connectivity index (χ0) is 14.3. The molecule has 4 heteroatoms. The quantitative estimate of drug-likeness (QED) is 0.795. The van der Waals surface area contributed by atoms with Gasteiger partial charge in [0, 0.05) is 24.3 Å². The second-order valence-corrected chi connectivity index (χ2v) is 5.95. The Morgan fingerprint density at radius 3 is 2.75 bits per heavy atom. The molecule has 3 rings (SSSR count). The zero-order valence-electron chi connectivity index (χ0n) is 11.9. The molecule has 2 aliphatic rings. The maximum absolute atomic E-state index is 13.4. The van der Waals surface area contributed by atoms with E-state index in [9.17, 15) is 9.18 Å². The highest BCUT2D eigenvalue weighted by Crippen LogP contribution is 2.38. The number of ketones is 1. The molecule has 1 aromatic carbocycles. The summed E-state index contributed by atoms with van der Waals surface area (Å²) in [6, 6.07) is 4.48. The van der Waals surface area contributed by atoms with Gasteiger partial charge in [-0.3, -0.25) is 4.79 Å². The molecule has 1 aromatic rings. The molecule has 0 bridgehead atoms. The second-order valence-electron chi connectivity index (χ2n) is 5.95. The Morgan fingerprint density at radius 1 is 1.35 bits per heavy atom. The van der Waals surface area contributed by atoms with Crippen molar-refractivity contribution in [3.63, 3.8) is 0 Å². The molecule has 1 saturated heterocycles. The van der Waals surface area contributed by atoms with Crippen LogP contribution in [0.5, 0.6) is 0 Å². The van der Waals surface area contributed by atoms with Crippen LogP contribution in [0.1, 0.15) is 37.0 Å². The van der Waals surface area contributed by atoms with Crippen molar-refractivity contribution in [2.75, 3.05) is 18.0 Å². The van der Waals surface area contributed by atoms with Crippen molar-refractivity contribution in [1.29, 1.82) is 0 Å². The van der Waals surface area contributed by atoms with Gasteiger partial charge in [-0.2, -0.15) is 0 Å². The van der Waals surface area contributed by atoms with Crippen molar-refractivity contribution in [1.82, 2.24) is 0 Å². The predicted octanol–water partition coefficient (Wildman–Crippen LogP) is 3.03. The molecule has 1 saturated carbocycles. The largest absolute Gasteiger partial charge is 0.371 e. The summed E-state index contributed by atoms with van der Waals surface area (Å²) < 4.78 is 19.4. The van der Waals surface area contributed by atoms with Crippen molar-refractivity contribution in [2.45, 2.75) is 38.9 Å². The molecule has 1 aliphatic carbocycles. The van der Waals surface area contributed by atoms with E-state index in [-0.39, 0.29) is 23.8 Å². The number of halogens is 1. The molecule has 2 atom stereocenters. The highest BCUT2D eigenvalue weighted by Gasteiger charge is 2.37. The summed E-state index contributed by atoms with van der Waals surface area (Å²) in [5.41, 5.74) is 1.30. The first-order valence-corrected chi connectivity index (χ1v) is 7.25. The first-order valence-electron chi connectivity index (χ1n) is 7.25. The smallest absolute Gasteiger partial charge is 0.161 e. The van der Waals surface area contributed by atoms with E-state index < -0.39 is 0 Å². The van der Waals surface area contributed by atoms with E-state index in [0.717, 1.165) is 18.8 Å². The zero-order valence-corrected chi connectivity index (χ0v) is 11.9. The van der Waals surface area contributed by atoms with Gasteiger partial charge in [0.05, 0.1) is 12.2 Å². The Labute approximate surface area is 118 Å². The van der Waals surface area contributed by atoms with Gasteiger partial charge in [0.25, 0.3) is 0 Å². The van der Waals surface area contributed by atoms with Crippen molar-refractivity contribution in [3.8, 4) is 0 Å². The minimum absolute atomic E-state index is 0.0957. The van der Waals surface area contributed by atoms with Crippen LogP contribution in [0.2, 0.25) is 0 Å². The highest BCUT2D eigenvalue weighted by molar-refractivity contribution is 5.99. The Balaban J connectivity index is 1.89. The summed E-state index contributed by atoms with van der Waals surface area (Å²) in [4.78, 5) is 13.9. The Morgan fingerprint density at radius 2 is 2.10 bits per heavy atom. The summed E-state index contributed by atoms with van der Waals surface area (Å²) in [5.74, 6) is 0.196. The van der Waals surface area contributed by atoms with E-state index in [1.165, 1.54) is 31.9 Å². The number of rotatable bonds is 3. The number of hydrogen-bond acceptors (Lipinski definition) is 3. The van der Waals surface area contributed by atoms with Crippen molar-refractivity contribution in [2.24, 2.45) is 5.92 Å². The van der Waals surface area contributed by atoms with Gasteiger partial charge >= 0.3 is 0 Å². The molecule has 0 aromatic heterocycles. The maximum atomic E-state index is 13.4. The molecule has 0 amide bonds. The number of anilines is 1. The van der Waals surface area contributed by atoms with Gasteiger partial charge in [0.1, 0.15) is 5.82 Å². The van der Waals surface area contributed by atoms with E-state index in [1.54, 1.807) is 6.07 Å². The number of Topliss-reactive ketones (excluding diaryl/α,β-unsaturated/α-hetero) is 1. The first kappa shape index (κ1) is 13.6. The predicted molar refractivity (Wildman–Crippen MR) is 75.7 cm³/mol. The van der Waals surface area contributed by atoms with Gasteiger partial charge in [0.2, 0.25) is 0 Å². The first-order chi connectivity index (χ1) is 9.54. The third-order valence-electron chi connectivity index (χ3n) is 4.11. The fourth-order valence-corrected chi connectivity index (χ4v) is 2.98. The molecule has 0 unspecified atom stereocenters. The van der Waals surface area contributed by atoms with E-state index >= 15 is 0 Å². The molecule has 1 heterocycles. The van der Waals surface area contributed by atoms with Crippen molar-refractivity contribution < 1.29 is 13.9 Å². The maximum Gasteiger partial charge on any atom is 0.161 e. The van der Waals surface area contributed by atoms with Crippen molar-refractivity contribution in [3.05, 3.63) is 29.6 Å². The number of morpholine rings is 1. The summed E-state index contributed by atoms with van der Waals surface area (Å²) in [6.07, 6.45) is 2.84. The summed E-state index contributed by atoms with van der Waals surface area (Å²) in [6.45, 7) is 5.08. The number of benzene rings is 1. The van der Waals surface area contributed by atoms with Gasteiger partial charge in [-0.25, -0.2) is 4.39 Å². The van der Waals surface area contributed by atoms with Gasteiger partial charge in [-0.05, 0) is 50.8 Å². The van der Waals surface area contributed by atoms with Gasteiger partial charge in [-0.1, -0.05) is 0 Å². The topological polar surface area (TPSA) is 29.5 Å². The fraction of sp³-hybridized carbons (Fsp3) is 0.562. The van der Waals surface area contributed by atoms with Crippen LogP contribution < -0.4 is 4.90 Å². The molecule has 108 valence electrons. The van der Waals surface area contributed by atoms with Crippen LogP contribution >= 0.6 is 0 Å². The molecular formula is C16H20FNO2. The summed E-state index contributed by atoms with van der Waals surface area (Å²) in [5, 5.41) is 0. The number of nitrogens with zero attached hydrogens (tertiary/aromatic N) is 1. The average Bonchev–Trinajstić information content (AvgIpc) is 3.22. The van der Waals surface area contributed by atoms with Gasteiger partial charge in [-0.15, -0.1) is 0 Å². The highest BCUT2D eigenvalue weighted by atomic mass is 19.1. The lowest BCUT2D eigenvalue weighted by Gasteiger charge is -2.39. The number of carbonyl (C=O) groups excluding carboxylic acids is 1. The summed E-state index contributed by atoms with van der Waals surface area (Å²) >= 11 is 0. The van der Waals surface area contributed by atoms with Crippen LogP contribution in [0.25, 0.3) is 0 Å². The second kappa shape index (κ2) is 5.17. The minimum Gasteiger partial charge on any atom is -0.371 e. The monoisotopic (exact) mass is 277 g/mol. The fourth-order valence-electron chi connectivity index (χ4n) is 2.98. The van der Waals surface area contributed by atoms with E-state index in [0.29, 0.717) is 11.5 Å². The number of ether oxygens (including phenoxy) is 1. The van der Waals surface area contributed by atoms with Crippen LogP contribution in [-0.2, 0) is 4.74 Å². The van der Waals surface area contributed by atoms with Crippen molar-refractivity contribution >= 4 is 11.5 Å². The molecule has 0 radical (unpaired) electrons. The van der Waals surface area contributed by atoms with Crippen LogP contribution in [-0.4, -0.2) is 31.1 Å². The van der Waals surface area contributed by atoms with Crippen LogP contribution in [0.3, 0.4) is 0 Å². The van der Waals surface area contributed by atoms with Crippen LogP contribution in [0, 0.1) is 11.7 Å². The molecule has 3 nitrogen and oxygen atoms in total. The Kier molecular flexibility index (Phi) is 3.50. The van der Waals surface area contributed by atoms with Gasteiger partial charge in [0.15, 0.2) is 5.78 Å². The Hall–Kier alpha value is -1.42. The summed E-state index contributed by atoms with van der Waals surface area (Å²) in [7, 11) is 0. The lowest BCUT2D eigenvalue weighted by atomic mass is 10.1. The third-order valence-corrected chi connectivity index (χ3v) is 4.11. The number of carbonyl (C=O) groups is 1. The van der Waals surface area contributed by atoms with Crippen LogP contribution in [0.4, 0.5) is 10.1 Å². The van der Waals surface area contributed by atoms with Crippen LogP contribution in [0.15, 0.2) is 18.2 Å². The molecule has 1 aliphatic heterocycles. The lowest BCUT2D eigenvalue weighted by molar-refractivity contribution is -0.0271. The lowest BCUT2D eigenvalue weighted by Crippen LogP contribution is -2.48. The number of hydrogen-bond donors (Lipinski definition) is 0. The Bertz CT molecular complexity index is 527. The minimum atomic E-state index is -0.362. The van der Waals surface area contributed by atoms with Gasteiger partial charge < -0.3 is 9.64 Å². The molecule has 0 spiro atoms. The standard InChI is InChI=1S/C16H20FNO2/c1-10-8-18(9-16(20-10)12-3-4-12)15-6-5-13(17)7-14(15)11(2)19/h5-7,10,12,16H,3-4,8-9H2,1-2H3/t10-,16+/m0/s1. The molecule has 2 fully saturated rings. The molecule has 0 N–H and O–H groups in total. The van der Waals surface area contributed by atoms with E-state index in [2.05, 4.69) is 11.8 Å². The molecular weight excluding hydrogens is 257 g/mol. The third kappa shape index (κ3) is 2.70. The normalized spacial score (nSPS) is 26.6. The van der Waals surface area contributed by atoms with E-state index in [4.69, 9.17) is 4.74 Å². The average molecular weight is 277 g/mol. The SMILES string of the molecule is CC(=O)c1cc(F)ccc1N1C[C@H](C)O[C@@H](C2CC2)C1. The molecule has 20 heavy (non-hydrogen) atoms. The van der Waals surface area contributed by atoms with E-state index in [1.807, 2.05) is 0 Å².